The van der Waals surface area contributed by atoms with Crippen molar-refractivity contribution in [1.29, 1.82) is 0 Å². The molecule has 3 aromatic carbocycles. The number of halogens is 3. The maximum atomic E-state index is 15.3. The topological polar surface area (TPSA) is 67.2 Å². The van der Waals surface area contributed by atoms with Gasteiger partial charge in [-0.25, -0.2) is 17.9 Å². The van der Waals surface area contributed by atoms with Crippen molar-refractivity contribution < 1.29 is 22.8 Å². The average Bonchev–Trinajstić information content (AvgIpc) is 3.27. The van der Waals surface area contributed by atoms with Crippen molar-refractivity contribution in [3.05, 3.63) is 112 Å². The standard InChI is InChI=1S/C32H31F3N4O2S/c1-19-5-12-23(13-6-19)39-31-28(30(37-39)32(2,3)4)29(24-14-11-22(34)15-25(24)35)42-18-27(41)38(31)17-26(40)36-16-20-7-9-21(33)10-8-20/h5-15,29H,16-18H2,1-4H3,(H,36,40)/t29-/m1/s1. The Bertz CT molecular complexity index is 1630. The summed E-state index contributed by atoms with van der Waals surface area (Å²) in [7, 11) is 0. The van der Waals surface area contributed by atoms with Crippen molar-refractivity contribution in [3.8, 4) is 5.69 Å². The van der Waals surface area contributed by atoms with E-state index in [-0.39, 0.29) is 36.1 Å². The van der Waals surface area contributed by atoms with Gasteiger partial charge in [0, 0.05) is 29.2 Å². The van der Waals surface area contributed by atoms with Crippen LogP contribution in [-0.4, -0.2) is 33.9 Å². The van der Waals surface area contributed by atoms with Crippen LogP contribution in [0.4, 0.5) is 19.0 Å². The molecule has 42 heavy (non-hydrogen) atoms. The van der Waals surface area contributed by atoms with E-state index in [4.69, 9.17) is 5.10 Å². The lowest BCUT2D eigenvalue weighted by Crippen LogP contribution is -2.42. The molecule has 0 saturated heterocycles. The van der Waals surface area contributed by atoms with E-state index in [1.807, 2.05) is 52.0 Å². The molecule has 2 heterocycles. The van der Waals surface area contributed by atoms with Gasteiger partial charge in [-0.15, -0.1) is 11.8 Å². The monoisotopic (exact) mass is 592 g/mol. The number of nitrogens with one attached hydrogen (secondary N) is 1. The molecule has 0 saturated carbocycles. The fraction of sp³-hybridized carbons (Fsp3) is 0.281. The minimum Gasteiger partial charge on any atom is -0.350 e. The fourth-order valence-electron chi connectivity index (χ4n) is 4.90. The Morgan fingerprint density at radius 1 is 1.00 bits per heavy atom. The van der Waals surface area contributed by atoms with Crippen LogP contribution in [0, 0.1) is 24.4 Å². The molecule has 0 unspecified atom stereocenters. The number of nitrogens with zero attached hydrogens (tertiary/aromatic N) is 3. The van der Waals surface area contributed by atoms with E-state index < -0.39 is 28.2 Å². The Morgan fingerprint density at radius 2 is 1.67 bits per heavy atom. The first-order chi connectivity index (χ1) is 19.9. The summed E-state index contributed by atoms with van der Waals surface area (Å²) in [5.41, 5.74) is 3.33. The molecule has 1 aromatic heterocycles. The molecule has 0 spiro atoms. The lowest BCUT2D eigenvalue weighted by atomic mass is 9.87. The van der Waals surface area contributed by atoms with Crippen LogP contribution < -0.4 is 10.2 Å². The number of aryl methyl sites for hydroxylation is 1. The second-order valence-electron chi connectivity index (χ2n) is 11.3. The smallest absolute Gasteiger partial charge is 0.240 e. The number of carbonyl (C=O) groups excluding carboxylic acids is 2. The molecule has 0 bridgehead atoms. The highest BCUT2D eigenvalue weighted by Gasteiger charge is 2.40. The molecule has 0 radical (unpaired) electrons. The molecule has 5 rings (SSSR count). The van der Waals surface area contributed by atoms with Crippen LogP contribution in [0.15, 0.2) is 66.7 Å². The van der Waals surface area contributed by atoms with Gasteiger partial charge in [0.25, 0.3) is 0 Å². The second-order valence-corrected chi connectivity index (χ2v) is 12.4. The molecule has 1 aliphatic heterocycles. The summed E-state index contributed by atoms with van der Waals surface area (Å²) in [6.07, 6.45) is 0. The molecule has 1 N–H and O–H groups in total. The Morgan fingerprint density at radius 3 is 2.31 bits per heavy atom. The number of hydrogen-bond donors (Lipinski definition) is 1. The van der Waals surface area contributed by atoms with E-state index in [9.17, 15) is 18.4 Å². The maximum Gasteiger partial charge on any atom is 0.240 e. The van der Waals surface area contributed by atoms with E-state index >= 15 is 4.39 Å². The Hall–Kier alpha value is -4.05. The lowest BCUT2D eigenvalue weighted by Gasteiger charge is -2.24. The van der Waals surface area contributed by atoms with Crippen LogP contribution in [0.2, 0.25) is 0 Å². The van der Waals surface area contributed by atoms with Crippen molar-refractivity contribution >= 4 is 29.4 Å². The van der Waals surface area contributed by atoms with Crippen molar-refractivity contribution in [3.63, 3.8) is 0 Å². The minimum absolute atomic E-state index is 0.0428. The highest BCUT2D eigenvalue weighted by Crippen LogP contribution is 2.49. The number of carbonyl (C=O) groups is 2. The van der Waals surface area contributed by atoms with E-state index in [0.29, 0.717) is 28.3 Å². The normalized spacial score (nSPS) is 15.4. The molecule has 1 aliphatic rings. The largest absolute Gasteiger partial charge is 0.350 e. The highest BCUT2D eigenvalue weighted by atomic mass is 32.2. The van der Waals surface area contributed by atoms with Crippen molar-refractivity contribution in [1.82, 2.24) is 15.1 Å². The quantitative estimate of drug-likeness (QED) is 0.282. The summed E-state index contributed by atoms with van der Waals surface area (Å²) >= 11 is 1.22. The zero-order valence-corrected chi connectivity index (χ0v) is 24.6. The van der Waals surface area contributed by atoms with Crippen molar-refractivity contribution in [2.24, 2.45) is 0 Å². The third-order valence-corrected chi connectivity index (χ3v) is 8.26. The summed E-state index contributed by atoms with van der Waals surface area (Å²) in [5.74, 6) is -2.25. The third kappa shape index (κ3) is 6.09. The number of thioether (sulfide) groups is 1. The number of hydrogen-bond acceptors (Lipinski definition) is 4. The first-order valence-corrected chi connectivity index (χ1v) is 14.6. The van der Waals surface area contributed by atoms with E-state index in [0.717, 1.165) is 11.6 Å². The number of benzene rings is 3. The zero-order chi connectivity index (χ0) is 30.2. The first kappa shape index (κ1) is 29.4. The summed E-state index contributed by atoms with van der Waals surface area (Å²) in [6, 6.07) is 16.8. The minimum atomic E-state index is -0.723. The van der Waals surface area contributed by atoms with Crippen LogP contribution >= 0.6 is 11.8 Å². The van der Waals surface area contributed by atoms with Gasteiger partial charge < -0.3 is 5.32 Å². The van der Waals surface area contributed by atoms with Gasteiger partial charge in [-0.3, -0.25) is 14.5 Å². The highest BCUT2D eigenvalue weighted by molar-refractivity contribution is 8.00. The van der Waals surface area contributed by atoms with E-state index in [2.05, 4.69) is 5.32 Å². The van der Waals surface area contributed by atoms with Crippen LogP contribution in [0.3, 0.4) is 0 Å². The van der Waals surface area contributed by atoms with Crippen LogP contribution in [0.25, 0.3) is 5.69 Å². The van der Waals surface area contributed by atoms with Crippen LogP contribution in [0.5, 0.6) is 0 Å². The maximum absolute atomic E-state index is 15.3. The predicted octanol–water partition coefficient (Wildman–Crippen LogP) is 6.38. The lowest BCUT2D eigenvalue weighted by molar-refractivity contribution is -0.123. The van der Waals surface area contributed by atoms with Crippen molar-refractivity contribution in [2.75, 3.05) is 17.2 Å². The molecular weight excluding hydrogens is 561 g/mol. The first-order valence-electron chi connectivity index (χ1n) is 13.5. The van der Waals surface area contributed by atoms with Gasteiger partial charge in [0.1, 0.15) is 29.8 Å². The van der Waals surface area contributed by atoms with Crippen molar-refractivity contribution in [2.45, 2.75) is 44.9 Å². The number of aromatic nitrogens is 2. The Kier molecular flexibility index (Phi) is 8.19. The molecular formula is C32H31F3N4O2S. The molecule has 1 atom stereocenters. The molecule has 0 aliphatic carbocycles. The van der Waals surface area contributed by atoms with E-state index in [1.165, 1.54) is 40.9 Å². The molecule has 4 aromatic rings. The van der Waals surface area contributed by atoms with Crippen LogP contribution in [0.1, 0.15) is 54.0 Å². The molecule has 218 valence electrons. The molecule has 10 heteroatoms. The van der Waals surface area contributed by atoms with Gasteiger partial charge in [-0.05, 0) is 42.8 Å². The number of anilines is 1. The summed E-state index contributed by atoms with van der Waals surface area (Å²) in [6.45, 7) is 7.72. The molecule has 0 fully saturated rings. The molecule has 6 nitrogen and oxygen atoms in total. The average molecular weight is 593 g/mol. The van der Waals surface area contributed by atoms with E-state index in [1.54, 1.807) is 16.8 Å². The fourth-order valence-corrected chi connectivity index (χ4v) is 6.12. The van der Waals surface area contributed by atoms with Crippen LogP contribution in [-0.2, 0) is 21.5 Å². The van der Waals surface area contributed by atoms with Gasteiger partial charge in [-0.2, -0.15) is 5.10 Å². The summed E-state index contributed by atoms with van der Waals surface area (Å²) < 4.78 is 44.2. The number of amides is 2. The summed E-state index contributed by atoms with van der Waals surface area (Å²) in [4.78, 5) is 28.4. The van der Waals surface area contributed by atoms with Gasteiger partial charge >= 0.3 is 0 Å². The third-order valence-electron chi connectivity index (χ3n) is 7.03. The summed E-state index contributed by atoms with van der Waals surface area (Å²) in [5, 5.41) is 7.08. The van der Waals surface area contributed by atoms with Gasteiger partial charge in [0.05, 0.1) is 22.4 Å². The predicted molar refractivity (Wildman–Crippen MR) is 158 cm³/mol. The SMILES string of the molecule is Cc1ccc(-n2nc(C(C)(C)C)c3c2N(CC(=O)NCc2ccc(F)cc2)C(=O)CS[C@@H]3c2ccc(F)cc2F)cc1. The molecule has 2 amide bonds. The second kappa shape index (κ2) is 11.7. The van der Waals surface area contributed by atoms with Gasteiger partial charge in [0.2, 0.25) is 11.8 Å². The Labute approximate surface area is 246 Å². The van der Waals surface area contributed by atoms with Gasteiger partial charge in [-0.1, -0.05) is 56.7 Å². The number of rotatable bonds is 6. The Balaban J connectivity index is 1.64. The number of fused-ring (bicyclic) bond motifs is 1. The van der Waals surface area contributed by atoms with Gasteiger partial charge in [0.15, 0.2) is 0 Å². The zero-order valence-electron chi connectivity index (χ0n) is 23.7.